The molecule has 0 aliphatic heterocycles. The number of rotatable bonds is 3. The molecule has 0 radical (unpaired) electrons. The lowest BCUT2D eigenvalue weighted by atomic mass is 10.0. The summed E-state index contributed by atoms with van der Waals surface area (Å²) in [5.41, 5.74) is 5.58. The van der Waals surface area contributed by atoms with E-state index in [4.69, 9.17) is 19.4 Å². The number of nitrogens with zero attached hydrogens (tertiary/aromatic N) is 4. The van der Waals surface area contributed by atoms with E-state index in [9.17, 15) is 0 Å². The second-order valence-electron chi connectivity index (χ2n) is 10.5. The number of aromatic nitrogens is 4. The fourth-order valence-corrected chi connectivity index (χ4v) is 6.14. The third kappa shape index (κ3) is 3.40. The molecular formula is C37H22N4O. The largest absolute Gasteiger partial charge is 0.456 e. The average Bonchev–Trinajstić information content (AvgIpc) is 3.59. The second kappa shape index (κ2) is 8.85. The Hall–Kier alpha value is -5.81. The molecular weight excluding hydrogens is 516 g/mol. The monoisotopic (exact) mass is 538 g/mol. The maximum absolute atomic E-state index is 6.38. The predicted molar refractivity (Wildman–Crippen MR) is 170 cm³/mol. The van der Waals surface area contributed by atoms with Gasteiger partial charge >= 0.3 is 0 Å². The summed E-state index contributed by atoms with van der Waals surface area (Å²) in [5.74, 6) is 1.79. The van der Waals surface area contributed by atoms with Crippen LogP contribution in [0.5, 0.6) is 0 Å². The first-order chi connectivity index (χ1) is 20.8. The molecule has 9 rings (SSSR count). The molecule has 0 saturated heterocycles. The summed E-state index contributed by atoms with van der Waals surface area (Å²) < 4.78 is 8.52. The lowest BCUT2D eigenvalue weighted by Gasteiger charge is -2.11. The Morgan fingerprint density at radius 1 is 0.476 bits per heavy atom. The molecule has 0 fully saturated rings. The van der Waals surface area contributed by atoms with Gasteiger partial charge in [-0.2, -0.15) is 9.97 Å². The van der Waals surface area contributed by atoms with Crippen molar-refractivity contribution < 1.29 is 4.42 Å². The van der Waals surface area contributed by atoms with E-state index in [0.717, 1.165) is 65.6 Å². The molecule has 0 aliphatic rings. The molecule has 5 heteroatoms. The zero-order chi connectivity index (χ0) is 27.6. The fourth-order valence-electron chi connectivity index (χ4n) is 6.14. The van der Waals surface area contributed by atoms with Crippen molar-refractivity contribution in [3.8, 4) is 28.7 Å². The Balaban J connectivity index is 1.38. The summed E-state index contributed by atoms with van der Waals surface area (Å²) in [6.07, 6.45) is 0. The van der Waals surface area contributed by atoms with Crippen molar-refractivity contribution in [3.05, 3.63) is 133 Å². The van der Waals surface area contributed by atoms with Gasteiger partial charge in [-0.1, -0.05) is 103 Å². The standard InChI is InChI=1S/C37H22N4O/c1-2-11-23(12-3-1)35-38-36(40-37(39-35)41-30-18-8-6-15-26(30)27-16-7-9-19-31(27)41)28-17-10-20-32-34(28)29-21-24-13-4-5-14-25(24)22-33(29)42-32/h1-22H. The summed E-state index contributed by atoms with van der Waals surface area (Å²) >= 11 is 0. The van der Waals surface area contributed by atoms with Crippen LogP contribution < -0.4 is 0 Å². The number of benzene rings is 6. The van der Waals surface area contributed by atoms with E-state index in [-0.39, 0.29) is 0 Å². The zero-order valence-electron chi connectivity index (χ0n) is 22.4. The van der Waals surface area contributed by atoms with E-state index in [1.54, 1.807) is 0 Å². The summed E-state index contributed by atoms with van der Waals surface area (Å²) in [4.78, 5) is 15.3. The Labute approximate surface area is 240 Å². The molecule has 0 unspecified atom stereocenters. The minimum Gasteiger partial charge on any atom is -0.456 e. The van der Waals surface area contributed by atoms with Crippen molar-refractivity contribution in [2.45, 2.75) is 0 Å². The highest BCUT2D eigenvalue weighted by Gasteiger charge is 2.20. The van der Waals surface area contributed by atoms with Crippen molar-refractivity contribution in [2.24, 2.45) is 0 Å². The Bertz CT molecular complexity index is 2420. The van der Waals surface area contributed by atoms with Gasteiger partial charge in [0.25, 0.3) is 0 Å². The highest BCUT2D eigenvalue weighted by molar-refractivity contribution is 6.15. The Morgan fingerprint density at radius 2 is 1.12 bits per heavy atom. The zero-order valence-corrected chi connectivity index (χ0v) is 22.4. The van der Waals surface area contributed by atoms with Crippen LogP contribution in [-0.2, 0) is 0 Å². The molecule has 0 saturated carbocycles. The molecule has 0 N–H and O–H groups in total. The average molecular weight is 539 g/mol. The van der Waals surface area contributed by atoms with Crippen LogP contribution in [0.25, 0.3) is 83.2 Å². The van der Waals surface area contributed by atoms with E-state index < -0.39 is 0 Å². The predicted octanol–water partition coefficient (Wildman–Crippen LogP) is 9.36. The van der Waals surface area contributed by atoms with Crippen LogP contribution in [0.2, 0.25) is 0 Å². The summed E-state index contributed by atoms with van der Waals surface area (Å²) in [7, 11) is 0. The molecule has 42 heavy (non-hydrogen) atoms. The van der Waals surface area contributed by atoms with E-state index in [1.807, 2.05) is 48.5 Å². The molecule has 9 aromatic rings. The van der Waals surface area contributed by atoms with Crippen molar-refractivity contribution in [1.82, 2.24) is 19.5 Å². The topological polar surface area (TPSA) is 56.7 Å². The van der Waals surface area contributed by atoms with Crippen molar-refractivity contribution in [3.63, 3.8) is 0 Å². The molecule has 0 bridgehead atoms. The fraction of sp³-hybridized carbons (Fsp3) is 0. The van der Waals surface area contributed by atoms with E-state index in [1.165, 1.54) is 0 Å². The summed E-state index contributed by atoms with van der Waals surface area (Å²) in [6.45, 7) is 0. The molecule has 0 spiro atoms. The molecule has 3 heterocycles. The van der Waals surface area contributed by atoms with Crippen LogP contribution in [0, 0.1) is 0 Å². The van der Waals surface area contributed by atoms with E-state index in [0.29, 0.717) is 17.6 Å². The number of furan rings is 1. The lowest BCUT2D eigenvalue weighted by Crippen LogP contribution is -2.06. The van der Waals surface area contributed by atoms with Gasteiger partial charge in [0, 0.05) is 32.7 Å². The lowest BCUT2D eigenvalue weighted by molar-refractivity contribution is 0.669. The maximum Gasteiger partial charge on any atom is 0.238 e. The van der Waals surface area contributed by atoms with Gasteiger partial charge in [0.2, 0.25) is 5.95 Å². The van der Waals surface area contributed by atoms with Crippen LogP contribution in [0.3, 0.4) is 0 Å². The third-order valence-electron chi connectivity index (χ3n) is 8.04. The van der Waals surface area contributed by atoms with Crippen LogP contribution in [0.15, 0.2) is 138 Å². The van der Waals surface area contributed by atoms with Crippen molar-refractivity contribution in [2.75, 3.05) is 0 Å². The van der Waals surface area contributed by atoms with Gasteiger partial charge in [-0.15, -0.1) is 0 Å². The first kappa shape index (κ1) is 22.9. The first-order valence-corrected chi connectivity index (χ1v) is 14.0. The second-order valence-corrected chi connectivity index (χ2v) is 10.5. The van der Waals surface area contributed by atoms with Gasteiger partial charge in [0.1, 0.15) is 11.2 Å². The highest BCUT2D eigenvalue weighted by Crippen LogP contribution is 2.38. The van der Waals surface area contributed by atoms with Gasteiger partial charge in [-0.05, 0) is 41.1 Å². The Morgan fingerprint density at radius 3 is 1.88 bits per heavy atom. The molecule has 5 nitrogen and oxygen atoms in total. The van der Waals surface area contributed by atoms with Gasteiger partial charge in [0.05, 0.1) is 11.0 Å². The van der Waals surface area contributed by atoms with E-state index >= 15 is 0 Å². The van der Waals surface area contributed by atoms with Crippen LogP contribution in [0.4, 0.5) is 0 Å². The van der Waals surface area contributed by atoms with Gasteiger partial charge in [-0.3, -0.25) is 4.57 Å². The normalized spacial score (nSPS) is 11.8. The minimum atomic E-state index is 0.575. The van der Waals surface area contributed by atoms with Crippen LogP contribution in [0.1, 0.15) is 0 Å². The first-order valence-electron chi connectivity index (χ1n) is 14.0. The molecule has 0 amide bonds. The SMILES string of the molecule is c1ccc(-c2nc(-c3cccc4oc5cc6ccccc6cc5c34)nc(-n3c4ccccc4c4ccccc43)n2)cc1. The smallest absolute Gasteiger partial charge is 0.238 e. The number of hydrogen-bond acceptors (Lipinski definition) is 4. The minimum absolute atomic E-state index is 0.575. The van der Waals surface area contributed by atoms with Crippen LogP contribution in [-0.4, -0.2) is 19.5 Å². The van der Waals surface area contributed by atoms with Crippen molar-refractivity contribution in [1.29, 1.82) is 0 Å². The maximum atomic E-state index is 6.38. The highest BCUT2D eigenvalue weighted by atomic mass is 16.3. The quantitative estimate of drug-likeness (QED) is 0.225. The molecule has 3 aromatic heterocycles. The van der Waals surface area contributed by atoms with Gasteiger partial charge in [-0.25, -0.2) is 4.98 Å². The number of para-hydroxylation sites is 2. The third-order valence-corrected chi connectivity index (χ3v) is 8.04. The number of hydrogen-bond donors (Lipinski definition) is 0. The van der Waals surface area contributed by atoms with Gasteiger partial charge in [0.15, 0.2) is 11.6 Å². The molecule has 6 aromatic carbocycles. The molecule has 0 atom stereocenters. The molecule has 0 aliphatic carbocycles. The Kier molecular flexibility index (Phi) is 4.83. The summed E-state index contributed by atoms with van der Waals surface area (Å²) in [5, 5.41) is 6.66. The van der Waals surface area contributed by atoms with E-state index in [2.05, 4.69) is 89.5 Å². The van der Waals surface area contributed by atoms with Crippen LogP contribution >= 0.6 is 0 Å². The summed E-state index contributed by atoms with van der Waals surface area (Å²) in [6, 6.07) is 45.6. The number of fused-ring (bicyclic) bond motifs is 7. The van der Waals surface area contributed by atoms with Crippen molar-refractivity contribution >= 4 is 54.5 Å². The molecule has 196 valence electrons. The van der Waals surface area contributed by atoms with Gasteiger partial charge < -0.3 is 4.42 Å².